The van der Waals surface area contributed by atoms with Crippen LogP contribution in [0.5, 0.6) is 34.5 Å². The summed E-state index contributed by atoms with van der Waals surface area (Å²) in [5, 5.41) is 67.9. The molecule has 0 aromatic heterocycles. The minimum absolute atomic E-state index is 0.0376. The molecule has 0 spiro atoms. The van der Waals surface area contributed by atoms with Gasteiger partial charge in [-0.15, -0.1) is 0 Å². The Morgan fingerprint density at radius 1 is 0.395 bits per heavy atom. The van der Waals surface area contributed by atoms with Crippen molar-refractivity contribution in [2.45, 2.75) is 0 Å². The lowest BCUT2D eigenvalue weighted by Crippen LogP contribution is -2.26. The zero-order valence-electron chi connectivity index (χ0n) is 19.8. The summed E-state index contributed by atoms with van der Waals surface area (Å²) in [6.07, 6.45) is 0. The number of benzene rings is 6. The lowest BCUT2D eigenvalue weighted by molar-refractivity contribution is 0.351. The Morgan fingerprint density at radius 2 is 0.842 bits per heavy atom. The number of hydrogen-bond acceptors (Lipinski definition) is 6. The number of rotatable bonds is 2. The summed E-state index contributed by atoms with van der Waals surface area (Å²) in [4.78, 5) is 0. The van der Waals surface area contributed by atoms with E-state index in [0.29, 0.717) is 11.1 Å². The highest BCUT2D eigenvalue weighted by Gasteiger charge is 2.30. The highest BCUT2D eigenvalue weighted by Crippen LogP contribution is 2.58. The summed E-state index contributed by atoms with van der Waals surface area (Å²) in [6, 6.07) is 21.5. The van der Waals surface area contributed by atoms with Crippen molar-refractivity contribution in [3.63, 3.8) is 0 Å². The minimum atomic E-state index is -0.942. The largest absolute Gasteiger partial charge is 0.508 e. The second-order valence-corrected chi connectivity index (χ2v) is 9.10. The van der Waals surface area contributed by atoms with Crippen molar-refractivity contribution in [3.8, 4) is 56.8 Å². The van der Waals surface area contributed by atoms with E-state index in [1.54, 1.807) is 42.5 Å². The molecule has 0 aliphatic rings. The molecule has 0 amide bonds. The SMILES string of the molecule is [B]c1c([B])c(O)c2c(-c3ccc4ccccc4c3)c3c(O)c(O)c(O)c(O)c3c(-c3ccccc3)c2c1O. The summed E-state index contributed by atoms with van der Waals surface area (Å²) in [5.74, 6) is -4.25. The Bertz CT molecular complexity index is 1870. The topological polar surface area (TPSA) is 121 Å². The average Bonchev–Trinajstić information content (AvgIpc) is 2.95. The lowest BCUT2D eigenvalue weighted by atomic mass is 9.74. The Hall–Kier alpha value is -4.97. The highest BCUT2D eigenvalue weighted by atomic mass is 16.3. The number of phenols is 6. The second kappa shape index (κ2) is 8.28. The van der Waals surface area contributed by atoms with Crippen LogP contribution < -0.4 is 10.9 Å². The van der Waals surface area contributed by atoms with Crippen molar-refractivity contribution < 1.29 is 30.6 Å². The Balaban J connectivity index is 2.00. The fourth-order valence-corrected chi connectivity index (χ4v) is 5.21. The van der Waals surface area contributed by atoms with Crippen LogP contribution in [0, 0.1) is 0 Å². The van der Waals surface area contributed by atoms with Gasteiger partial charge in [-0.3, -0.25) is 0 Å². The van der Waals surface area contributed by atoms with Crippen LogP contribution in [0.2, 0.25) is 0 Å². The van der Waals surface area contributed by atoms with Crippen LogP contribution in [0.25, 0.3) is 54.6 Å². The number of fused-ring (bicyclic) bond motifs is 3. The van der Waals surface area contributed by atoms with Gasteiger partial charge < -0.3 is 30.6 Å². The van der Waals surface area contributed by atoms with Crippen LogP contribution in [0.4, 0.5) is 0 Å². The minimum Gasteiger partial charge on any atom is -0.508 e. The first-order valence-electron chi connectivity index (χ1n) is 11.6. The molecule has 0 aliphatic carbocycles. The van der Waals surface area contributed by atoms with Gasteiger partial charge in [0, 0.05) is 32.7 Å². The molecule has 180 valence electrons. The van der Waals surface area contributed by atoms with Crippen LogP contribution in [0.1, 0.15) is 0 Å². The number of aromatic hydroxyl groups is 6. The lowest BCUT2D eigenvalue weighted by Gasteiger charge is -2.23. The third kappa shape index (κ3) is 3.10. The van der Waals surface area contributed by atoms with E-state index in [9.17, 15) is 30.6 Å². The van der Waals surface area contributed by atoms with Crippen LogP contribution >= 0.6 is 0 Å². The van der Waals surface area contributed by atoms with Crippen LogP contribution in [0.3, 0.4) is 0 Å². The standard InChI is InChI=1S/C30H18B2O6/c31-23-24(32)26(34)20-18(16-11-10-13-6-4-5-9-15(13)12-16)22-21(27(35)29(37)30(38)28(22)36)17(19(20)25(23)33)14-7-2-1-3-8-14/h1-12,33-38H. The van der Waals surface area contributed by atoms with Crippen molar-refractivity contribution in [1.29, 1.82) is 0 Å². The van der Waals surface area contributed by atoms with Crippen molar-refractivity contribution >= 4 is 58.9 Å². The van der Waals surface area contributed by atoms with E-state index in [1.807, 2.05) is 30.3 Å². The molecule has 8 heteroatoms. The van der Waals surface area contributed by atoms with Gasteiger partial charge in [-0.1, -0.05) is 77.7 Å². The van der Waals surface area contributed by atoms with Crippen LogP contribution in [-0.2, 0) is 0 Å². The van der Waals surface area contributed by atoms with Crippen molar-refractivity contribution in [2.24, 2.45) is 0 Å². The molecule has 0 heterocycles. The van der Waals surface area contributed by atoms with E-state index >= 15 is 0 Å². The average molecular weight is 496 g/mol. The third-order valence-electron chi connectivity index (χ3n) is 7.02. The van der Waals surface area contributed by atoms with Crippen molar-refractivity contribution in [1.82, 2.24) is 0 Å². The molecule has 6 N–H and O–H groups in total. The summed E-state index contributed by atoms with van der Waals surface area (Å²) in [6.45, 7) is 0. The predicted octanol–water partition coefficient (Wildman–Crippen LogP) is 4.30. The summed E-state index contributed by atoms with van der Waals surface area (Å²) < 4.78 is 0. The smallest absolute Gasteiger partial charge is 0.204 e. The molecule has 0 saturated heterocycles. The molecule has 6 rings (SSSR count). The van der Waals surface area contributed by atoms with E-state index in [1.165, 1.54) is 0 Å². The molecule has 6 aromatic carbocycles. The molecule has 4 radical (unpaired) electrons. The van der Waals surface area contributed by atoms with Crippen molar-refractivity contribution in [3.05, 3.63) is 72.8 Å². The molecular weight excluding hydrogens is 478 g/mol. The maximum absolute atomic E-state index is 11.4. The Morgan fingerprint density at radius 3 is 1.39 bits per heavy atom. The van der Waals surface area contributed by atoms with Gasteiger partial charge >= 0.3 is 0 Å². The molecule has 0 saturated carbocycles. The Kier molecular flexibility index (Phi) is 5.11. The zero-order chi connectivity index (χ0) is 26.9. The van der Waals surface area contributed by atoms with Gasteiger partial charge in [0.2, 0.25) is 11.5 Å². The van der Waals surface area contributed by atoms with E-state index in [2.05, 4.69) is 0 Å². The number of phenolic OH excluding ortho intramolecular Hbond substituents is 6. The molecular formula is C30H18B2O6. The van der Waals surface area contributed by atoms with Gasteiger partial charge in [-0.25, -0.2) is 0 Å². The highest BCUT2D eigenvalue weighted by molar-refractivity contribution is 6.53. The first-order chi connectivity index (χ1) is 18.2. The van der Waals surface area contributed by atoms with Gasteiger partial charge in [0.05, 0.1) is 0 Å². The summed E-state index contributed by atoms with van der Waals surface area (Å²) in [7, 11) is 12.2. The van der Waals surface area contributed by atoms with Crippen molar-refractivity contribution in [2.75, 3.05) is 0 Å². The summed E-state index contributed by atoms with van der Waals surface area (Å²) >= 11 is 0. The van der Waals surface area contributed by atoms with Gasteiger partial charge in [0.1, 0.15) is 27.2 Å². The molecule has 0 aliphatic heterocycles. The molecule has 0 fully saturated rings. The first-order valence-corrected chi connectivity index (χ1v) is 11.6. The van der Waals surface area contributed by atoms with E-state index in [-0.39, 0.29) is 43.6 Å². The molecule has 38 heavy (non-hydrogen) atoms. The predicted molar refractivity (Wildman–Crippen MR) is 151 cm³/mol. The van der Waals surface area contributed by atoms with Crippen LogP contribution in [-0.4, -0.2) is 46.3 Å². The van der Waals surface area contributed by atoms with Gasteiger partial charge in [-0.2, -0.15) is 0 Å². The molecule has 0 unspecified atom stereocenters. The molecule has 6 aromatic rings. The maximum atomic E-state index is 11.4. The molecule has 6 nitrogen and oxygen atoms in total. The monoisotopic (exact) mass is 496 g/mol. The normalized spacial score (nSPS) is 11.5. The van der Waals surface area contributed by atoms with Gasteiger partial charge in [0.25, 0.3) is 0 Å². The number of hydrogen-bond donors (Lipinski definition) is 6. The summed E-state index contributed by atoms with van der Waals surface area (Å²) in [5.41, 5.74) is 0.693. The quantitative estimate of drug-likeness (QED) is 0.0921. The Labute approximate surface area is 219 Å². The van der Waals surface area contributed by atoms with E-state index < -0.39 is 34.5 Å². The fourth-order valence-electron chi connectivity index (χ4n) is 5.21. The third-order valence-corrected chi connectivity index (χ3v) is 7.02. The van der Waals surface area contributed by atoms with E-state index in [4.69, 9.17) is 15.7 Å². The maximum Gasteiger partial charge on any atom is 0.204 e. The van der Waals surface area contributed by atoms with Gasteiger partial charge in [-0.05, 0) is 28.0 Å². The second-order valence-electron chi connectivity index (χ2n) is 9.10. The first kappa shape index (κ1) is 23.4. The fraction of sp³-hybridized carbons (Fsp3) is 0. The van der Waals surface area contributed by atoms with Gasteiger partial charge in [0.15, 0.2) is 11.5 Å². The molecule has 0 bridgehead atoms. The molecule has 0 atom stereocenters. The van der Waals surface area contributed by atoms with E-state index in [0.717, 1.165) is 10.8 Å². The van der Waals surface area contributed by atoms with Crippen LogP contribution in [0.15, 0.2) is 72.8 Å². The zero-order valence-corrected chi connectivity index (χ0v) is 19.8.